The van der Waals surface area contributed by atoms with Crippen molar-refractivity contribution in [3.63, 3.8) is 0 Å². The van der Waals surface area contributed by atoms with Gasteiger partial charge in [-0.3, -0.25) is 0 Å². The molecule has 0 aliphatic carbocycles. The fraction of sp³-hybridized carbons (Fsp3) is 0.0769. The Kier molecular flexibility index (Phi) is 3.15. The van der Waals surface area contributed by atoms with Crippen LogP contribution in [0.25, 0.3) is 0 Å². The van der Waals surface area contributed by atoms with E-state index in [1.807, 2.05) is 31.2 Å². The summed E-state index contributed by atoms with van der Waals surface area (Å²) in [6.45, 7) is 2.03. The molecule has 2 aromatic carbocycles. The average Bonchev–Trinajstić information content (AvgIpc) is 2.25. The molecule has 0 saturated heterocycles. The number of nitrogens with two attached hydrogens (primary N) is 1. The number of hydrogen-bond acceptors (Lipinski definition) is 2. The van der Waals surface area contributed by atoms with Crippen LogP contribution < -0.4 is 5.73 Å². The molecule has 2 N–H and O–H groups in total. The first-order valence-corrected chi connectivity index (χ1v) is 5.77. The first-order valence-electron chi connectivity index (χ1n) is 4.95. The summed E-state index contributed by atoms with van der Waals surface area (Å²) in [5.74, 6) is -0.363. The number of benzene rings is 2. The highest BCUT2D eigenvalue weighted by molar-refractivity contribution is 7.99. The van der Waals surface area contributed by atoms with Gasteiger partial charge >= 0.3 is 0 Å². The standard InChI is InChI=1S/C13H12FNS/c1-9-4-2-5-10(8-9)16-12-7-3-6-11(14)13(12)15/h2-8H,15H2,1H3. The van der Waals surface area contributed by atoms with Crippen molar-refractivity contribution in [1.82, 2.24) is 0 Å². The second-order valence-electron chi connectivity index (χ2n) is 3.57. The lowest BCUT2D eigenvalue weighted by Crippen LogP contribution is -1.92. The fourth-order valence-corrected chi connectivity index (χ4v) is 2.41. The van der Waals surface area contributed by atoms with Gasteiger partial charge < -0.3 is 5.73 Å². The van der Waals surface area contributed by atoms with Crippen molar-refractivity contribution in [2.24, 2.45) is 0 Å². The number of hydrogen-bond donors (Lipinski definition) is 1. The van der Waals surface area contributed by atoms with Crippen LogP contribution >= 0.6 is 11.8 Å². The molecule has 2 rings (SSSR count). The van der Waals surface area contributed by atoms with Gasteiger partial charge in [0.25, 0.3) is 0 Å². The zero-order valence-electron chi connectivity index (χ0n) is 8.91. The maximum absolute atomic E-state index is 13.2. The lowest BCUT2D eigenvalue weighted by atomic mass is 10.2. The molecule has 0 amide bonds. The second-order valence-corrected chi connectivity index (χ2v) is 4.69. The summed E-state index contributed by atoms with van der Waals surface area (Å²) in [6.07, 6.45) is 0. The van der Waals surface area contributed by atoms with Crippen LogP contribution in [0.3, 0.4) is 0 Å². The highest BCUT2D eigenvalue weighted by Crippen LogP contribution is 2.33. The molecular formula is C13H12FNS. The quantitative estimate of drug-likeness (QED) is 0.797. The van der Waals surface area contributed by atoms with Crippen molar-refractivity contribution in [2.75, 3.05) is 5.73 Å². The van der Waals surface area contributed by atoms with Gasteiger partial charge in [0.05, 0.1) is 5.69 Å². The normalized spacial score (nSPS) is 10.4. The Morgan fingerprint density at radius 2 is 1.88 bits per heavy atom. The molecule has 1 nitrogen and oxygen atoms in total. The predicted octanol–water partition coefficient (Wildman–Crippen LogP) is 3.87. The topological polar surface area (TPSA) is 26.0 Å². The molecule has 16 heavy (non-hydrogen) atoms. The van der Waals surface area contributed by atoms with Gasteiger partial charge in [-0.2, -0.15) is 0 Å². The third kappa shape index (κ3) is 2.36. The SMILES string of the molecule is Cc1cccc(Sc2cccc(F)c2N)c1. The van der Waals surface area contributed by atoms with E-state index in [-0.39, 0.29) is 11.5 Å². The molecule has 82 valence electrons. The Labute approximate surface area is 98.5 Å². The minimum atomic E-state index is -0.363. The van der Waals surface area contributed by atoms with E-state index >= 15 is 0 Å². The van der Waals surface area contributed by atoms with Crippen molar-refractivity contribution >= 4 is 17.4 Å². The summed E-state index contributed by atoms with van der Waals surface area (Å²) in [5, 5.41) is 0. The maximum atomic E-state index is 13.2. The van der Waals surface area contributed by atoms with Crippen LogP contribution in [0.4, 0.5) is 10.1 Å². The zero-order chi connectivity index (χ0) is 11.5. The third-order valence-electron chi connectivity index (χ3n) is 2.23. The van der Waals surface area contributed by atoms with Gasteiger partial charge in [-0.15, -0.1) is 0 Å². The first kappa shape index (κ1) is 11.0. The van der Waals surface area contributed by atoms with Gasteiger partial charge in [0.15, 0.2) is 0 Å². The van der Waals surface area contributed by atoms with Gasteiger partial charge in [-0.05, 0) is 31.2 Å². The molecule has 0 atom stereocenters. The van der Waals surface area contributed by atoms with E-state index in [1.54, 1.807) is 6.07 Å². The number of para-hydroxylation sites is 1. The van der Waals surface area contributed by atoms with Crippen LogP contribution in [0.15, 0.2) is 52.3 Å². The van der Waals surface area contributed by atoms with Crippen molar-refractivity contribution in [3.05, 3.63) is 53.8 Å². The Morgan fingerprint density at radius 3 is 2.62 bits per heavy atom. The van der Waals surface area contributed by atoms with Crippen LogP contribution in [0, 0.1) is 12.7 Å². The number of halogens is 1. The van der Waals surface area contributed by atoms with Crippen molar-refractivity contribution in [1.29, 1.82) is 0 Å². The van der Waals surface area contributed by atoms with Crippen LogP contribution in [-0.2, 0) is 0 Å². The summed E-state index contributed by atoms with van der Waals surface area (Å²) < 4.78 is 13.2. The Hall–Kier alpha value is -1.48. The van der Waals surface area contributed by atoms with Crippen molar-refractivity contribution < 1.29 is 4.39 Å². The molecule has 0 aliphatic rings. The Balaban J connectivity index is 2.31. The molecule has 0 saturated carbocycles. The minimum absolute atomic E-state index is 0.217. The summed E-state index contributed by atoms with van der Waals surface area (Å²) in [5.41, 5.74) is 7.07. The van der Waals surface area contributed by atoms with Gasteiger partial charge in [-0.1, -0.05) is 35.5 Å². The lowest BCUT2D eigenvalue weighted by Gasteiger charge is -2.06. The molecule has 0 spiro atoms. The average molecular weight is 233 g/mol. The number of nitrogen functional groups attached to an aromatic ring is 1. The third-order valence-corrected chi connectivity index (χ3v) is 3.30. The van der Waals surface area contributed by atoms with Crippen LogP contribution in [0.5, 0.6) is 0 Å². The van der Waals surface area contributed by atoms with E-state index in [1.165, 1.54) is 23.4 Å². The lowest BCUT2D eigenvalue weighted by molar-refractivity contribution is 0.629. The van der Waals surface area contributed by atoms with E-state index in [9.17, 15) is 4.39 Å². The summed E-state index contributed by atoms with van der Waals surface area (Å²) in [4.78, 5) is 1.82. The van der Waals surface area contributed by atoms with Gasteiger partial charge in [0.1, 0.15) is 5.82 Å². The van der Waals surface area contributed by atoms with Crippen LogP contribution in [-0.4, -0.2) is 0 Å². The maximum Gasteiger partial charge on any atom is 0.147 e. The molecule has 3 heteroatoms. The van der Waals surface area contributed by atoms with Gasteiger partial charge in [0, 0.05) is 9.79 Å². The molecular weight excluding hydrogens is 221 g/mol. The van der Waals surface area contributed by atoms with Crippen LogP contribution in [0.1, 0.15) is 5.56 Å². The van der Waals surface area contributed by atoms with E-state index < -0.39 is 0 Å². The monoisotopic (exact) mass is 233 g/mol. The smallest absolute Gasteiger partial charge is 0.147 e. The largest absolute Gasteiger partial charge is 0.395 e. The fourth-order valence-electron chi connectivity index (χ4n) is 1.41. The molecule has 0 aromatic heterocycles. The molecule has 0 radical (unpaired) electrons. The van der Waals surface area contributed by atoms with Gasteiger partial charge in [-0.25, -0.2) is 4.39 Å². The zero-order valence-corrected chi connectivity index (χ0v) is 9.72. The molecule has 0 bridgehead atoms. The molecule has 0 fully saturated rings. The molecule has 0 aliphatic heterocycles. The Morgan fingerprint density at radius 1 is 1.12 bits per heavy atom. The molecule has 0 heterocycles. The van der Waals surface area contributed by atoms with E-state index in [2.05, 4.69) is 6.07 Å². The summed E-state index contributed by atoms with van der Waals surface area (Å²) in [6, 6.07) is 12.9. The van der Waals surface area contributed by atoms with Gasteiger partial charge in [0.2, 0.25) is 0 Å². The number of rotatable bonds is 2. The minimum Gasteiger partial charge on any atom is -0.395 e. The molecule has 0 unspecified atom stereocenters. The highest BCUT2D eigenvalue weighted by Gasteiger charge is 2.05. The second kappa shape index (κ2) is 4.58. The summed E-state index contributed by atoms with van der Waals surface area (Å²) >= 11 is 1.48. The van der Waals surface area contributed by atoms with E-state index in [4.69, 9.17) is 5.73 Å². The summed E-state index contributed by atoms with van der Waals surface area (Å²) in [7, 11) is 0. The number of anilines is 1. The Bertz CT molecular complexity index is 511. The van der Waals surface area contributed by atoms with Crippen molar-refractivity contribution in [3.8, 4) is 0 Å². The highest BCUT2D eigenvalue weighted by atomic mass is 32.2. The first-order chi connectivity index (χ1) is 7.66. The number of aryl methyl sites for hydroxylation is 1. The van der Waals surface area contributed by atoms with Crippen LogP contribution in [0.2, 0.25) is 0 Å². The van der Waals surface area contributed by atoms with Crippen molar-refractivity contribution in [2.45, 2.75) is 16.7 Å². The molecule has 2 aromatic rings. The van der Waals surface area contributed by atoms with E-state index in [0.29, 0.717) is 0 Å². The predicted molar refractivity (Wildman–Crippen MR) is 66.1 cm³/mol. The van der Waals surface area contributed by atoms with E-state index in [0.717, 1.165) is 9.79 Å².